The SMILES string of the molecule is CCCCCOC(=O)c1c(F)c(F)c(F)c(F)c1C(=O)O. The van der Waals surface area contributed by atoms with Crippen molar-refractivity contribution in [1.29, 1.82) is 0 Å². The number of carboxylic acid groups (broad SMARTS) is 1. The highest BCUT2D eigenvalue weighted by Crippen LogP contribution is 2.25. The second kappa shape index (κ2) is 7.05. The Bertz CT molecular complexity index is 572. The molecule has 0 amide bonds. The van der Waals surface area contributed by atoms with E-state index in [2.05, 4.69) is 4.74 Å². The van der Waals surface area contributed by atoms with Crippen LogP contribution in [0.4, 0.5) is 17.6 Å². The van der Waals surface area contributed by atoms with Crippen molar-refractivity contribution in [2.24, 2.45) is 0 Å². The summed E-state index contributed by atoms with van der Waals surface area (Å²) in [6.07, 6.45) is 1.90. The van der Waals surface area contributed by atoms with Gasteiger partial charge in [-0.15, -0.1) is 0 Å². The van der Waals surface area contributed by atoms with Gasteiger partial charge < -0.3 is 9.84 Å². The Morgan fingerprint density at radius 2 is 1.48 bits per heavy atom. The Kier molecular flexibility index (Phi) is 5.69. The number of carbonyl (C=O) groups excluding carboxylic acids is 1. The van der Waals surface area contributed by atoms with E-state index in [1.807, 2.05) is 6.92 Å². The Morgan fingerprint density at radius 3 is 1.95 bits per heavy atom. The van der Waals surface area contributed by atoms with Crippen LogP contribution in [0.3, 0.4) is 0 Å². The van der Waals surface area contributed by atoms with E-state index < -0.39 is 46.3 Å². The van der Waals surface area contributed by atoms with Gasteiger partial charge in [-0.2, -0.15) is 0 Å². The van der Waals surface area contributed by atoms with Crippen LogP contribution in [0.1, 0.15) is 46.9 Å². The lowest BCUT2D eigenvalue weighted by atomic mass is 10.1. The molecule has 0 radical (unpaired) electrons. The molecule has 116 valence electrons. The van der Waals surface area contributed by atoms with E-state index in [0.29, 0.717) is 12.8 Å². The third-order valence-electron chi connectivity index (χ3n) is 2.67. The van der Waals surface area contributed by atoms with E-state index in [1.165, 1.54) is 0 Å². The fraction of sp³-hybridized carbons (Fsp3) is 0.385. The van der Waals surface area contributed by atoms with Crippen molar-refractivity contribution in [3.05, 3.63) is 34.4 Å². The van der Waals surface area contributed by atoms with Crippen molar-refractivity contribution < 1.29 is 37.0 Å². The van der Waals surface area contributed by atoms with Crippen molar-refractivity contribution >= 4 is 11.9 Å². The first kappa shape index (κ1) is 16.9. The topological polar surface area (TPSA) is 63.6 Å². The van der Waals surface area contributed by atoms with Gasteiger partial charge in [0.25, 0.3) is 0 Å². The van der Waals surface area contributed by atoms with Crippen molar-refractivity contribution in [2.75, 3.05) is 6.61 Å². The minimum absolute atomic E-state index is 0.175. The molecule has 4 nitrogen and oxygen atoms in total. The summed E-state index contributed by atoms with van der Waals surface area (Å²) in [6, 6.07) is 0. The van der Waals surface area contributed by atoms with Gasteiger partial charge in [0.2, 0.25) is 0 Å². The molecule has 0 atom stereocenters. The zero-order valence-electron chi connectivity index (χ0n) is 11.0. The molecular formula is C13H12F4O4. The van der Waals surface area contributed by atoms with Crippen molar-refractivity contribution in [3.8, 4) is 0 Å². The van der Waals surface area contributed by atoms with Crippen LogP contribution in [0.25, 0.3) is 0 Å². The lowest BCUT2D eigenvalue weighted by Crippen LogP contribution is -2.19. The molecule has 0 heterocycles. The van der Waals surface area contributed by atoms with Crippen molar-refractivity contribution in [1.82, 2.24) is 0 Å². The number of carboxylic acids is 1. The highest BCUT2D eigenvalue weighted by atomic mass is 19.2. The molecule has 1 aromatic rings. The molecule has 0 aliphatic carbocycles. The maximum Gasteiger partial charge on any atom is 0.342 e. The molecule has 8 heteroatoms. The van der Waals surface area contributed by atoms with E-state index in [0.717, 1.165) is 6.42 Å². The summed E-state index contributed by atoms with van der Waals surface area (Å²) in [5.41, 5.74) is -3.05. The van der Waals surface area contributed by atoms with E-state index in [9.17, 15) is 27.2 Å². The standard InChI is InChI=1S/C13H12F4O4/c1-2-3-4-5-21-13(20)7-6(12(18)19)8(14)10(16)11(17)9(7)15/h2-5H2,1H3,(H,18,19). The zero-order chi connectivity index (χ0) is 16.2. The third-order valence-corrected chi connectivity index (χ3v) is 2.67. The Balaban J connectivity index is 3.21. The van der Waals surface area contributed by atoms with Gasteiger partial charge in [-0.3, -0.25) is 0 Å². The molecule has 1 aromatic carbocycles. The molecule has 0 fully saturated rings. The van der Waals surface area contributed by atoms with Gasteiger partial charge in [-0.25, -0.2) is 27.2 Å². The summed E-state index contributed by atoms with van der Waals surface area (Å²) in [5, 5.41) is 8.74. The van der Waals surface area contributed by atoms with E-state index in [1.54, 1.807) is 0 Å². The van der Waals surface area contributed by atoms with Crippen LogP contribution in [0.5, 0.6) is 0 Å². The van der Waals surface area contributed by atoms with Crippen LogP contribution in [0, 0.1) is 23.3 Å². The van der Waals surface area contributed by atoms with E-state index in [4.69, 9.17) is 5.11 Å². The average molecular weight is 308 g/mol. The Hall–Kier alpha value is -2.12. The number of esters is 1. The van der Waals surface area contributed by atoms with Gasteiger partial charge in [0.1, 0.15) is 11.1 Å². The highest BCUT2D eigenvalue weighted by Gasteiger charge is 2.33. The zero-order valence-corrected chi connectivity index (χ0v) is 11.0. The van der Waals surface area contributed by atoms with Crippen LogP contribution in [0.2, 0.25) is 0 Å². The summed E-state index contributed by atoms with van der Waals surface area (Å²) in [4.78, 5) is 22.4. The Labute approximate surface area is 117 Å². The molecule has 1 rings (SSSR count). The minimum Gasteiger partial charge on any atom is -0.478 e. The fourth-order valence-corrected chi connectivity index (χ4v) is 1.61. The number of benzene rings is 1. The second-order valence-corrected chi connectivity index (χ2v) is 4.15. The van der Waals surface area contributed by atoms with Crippen LogP contribution in [0.15, 0.2) is 0 Å². The maximum absolute atomic E-state index is 13.5. The summed E-state index contributed by atoms with van der Waals surface area (Å²) < 4.78 is 57.6. The monoisotopic (exact) mass is 308 g/mol. The number of hydrogen-bond acceptors (Lipinski definition) is 3. The fourth-order valence-electron chi connectivity index (χ4n) is 1.61. The van der Waals surface area contributed by atoms with Crippen LogP contribution in [-0.4, -0.2) is 23.7 Å². The van der Waals surface area contributed by atoms with Gasteiger partial charge >= 0.3 is 11.9 Å². The number of hydrogen-bond donors (Lipinski definition) is 1. The number of rotatable bonds is 6. The summed E-state index contributed by atoms with van der Waals surface area (Å²) in [5.74, 6) is -12.5. The van der Waals surface area contributed by atoms with E-state index >= 15 is 0 Å². The second-order valence-electron chi connectivity index (χ2n) is 4.15. The minimum atomic E-state index is -2.30. The molecule has 0 aromatic heterocycles. The smallest absolute Gasteiger partial charge is 0.342 e. The molecule has 1 N–H and O–H groups in total. The van der Waals surface area contributed by atoms with Crippen LogP contribution < -0.4 is 0 Å². The molecular weight excluding hydrogens is 296 g/mol. The summed E-state index contributed by atoms with van der Waals surface area (Å²) >= 11 is 0. The van der Waals surface area contributed by atoms with Gasteiger partial charge in [0.15, 0.2) is 23.3 Å². The highest BCUT2D eigenvalue weighted by molar-refractivity contribution is 6.02. The molecule has 21 heavy (non-hydrogen) atoms. The largest absolute Gasteiger partial charge is 0.478 e. The normalized spacial score (nSPS) is 10.5. The predicted octanol–water partition coefficient (Wildman–Crippen LogP) is 3.29. The summed E-state index contributed by atoms with van der Waals surface area (Å²) in [7, 11) is 0. The van der Waals surface area contributed by atoms with Gasteiger partial charge in [0.05, 0.1) is 6.61 Å². The number of ether oxygens (including phenoxy) is 1. The molecule has 0 aliphatic heterocycles. The van der Waals surface area contributed by atoms with Crippen molar-refractivity contribution in [3.63, 3.8) is 0 Å². The molecule has 0 unspecified atom stereocenters. The summed E-state index contributed by atoms with van der Waals surface area (Å²) in [6.45, 7) is 1.69. The Morgan fingerprint density at radius 1 is 0.952 bits per heavy atom. The molecule has 0 saturated heterocycles. The van der Waals surface area contributed by atoms with Crippen LogP contribution >= 0.6 is 0 Å². The van der Waals surface area contributed by atoms with Gasteiger partial charge in [-0.05, 0) is 6.42 Å². The number of unbranched alkanes of at least 4 members (excludes halogenated alkanes) is 2. The number of carbonyl (C=O) groups is 2. The first-order valence-electron chi connectivity index (χ1n) is 6.09. The third kappa shape index (κ3) is 3.50. The first-order chi connectivity index (χ1) is 9.82. The van der Waals surface area contributed by atoms with E-state index in [-0.39, 0.29) is 6.61 Å². The van der Waals surface area contributed by atoms with Crippen molar-refractivity contribution in [2.45, 2.75) is 26.2 Å². The molecule has 0 aliphatic rings. The quantitative estimate of drug-likeness (QED) is 0.288. The first-order valence-corrected chi connectivity index (χ1v) is 6.09. The van der Waals surface area contributed by atoms with Gasteiger partial charge in [0, 0.05) is 0 Å². The lowest BCUT2D eigenvalue weighted by molar-refractivity contribution is 0.0478. The van der Waals surface area contributed by atoms with Crippen LogP contribution in [-0.2, 0) is 4.74 Å². The lowest BCUT2D eigenvalue weighted by Gasteiger charge is -2.10. The number of aromatic carboxylic acids is 1. The average Bonchev–Trinajstić information content (AvgIpc) is 2.44. The molecule has 0 saturated carbocycles. The number of halogens is 4. The maximum atomic E-state index is 13.5. The van der Waals surface area contributed by atoms with Gasteiger partial charge in [-0.1, -0.05) is 19.8 Å². The predicted molar refractivity (Wildman–Crippen MR) is 63.0 cm³/mol. The molecule has 0 spiro atoms. The molecule has 0 bridgehead atoms.